The third-order valence-corrected chi connectivity index (χ3v) is 3.39. The van der Waals surface area contributed by atoms with Gasteiger partial charge in [0.05, 0.1) is 17.3 Å². The van der Waals surface area contributed by atoms with Crippen molar-refractivity contribution in [2.45, 2.75) is 6.92 Å². The Labute approximate surface area is 93.7 Å². The molecule has 9 nitrogen and oxygen atoms in total. The predicted octanol–water partition coefficient (Wildman–Crippen LogP) is -1.34. The van der Waals surface area contributed by atoms with Gasteiger partial charge in [-0.3, -0.25) is 13.7 Å². The van der Waals surface area contributed by atoms with Crippen LogP contribution in [0.25, 0.3) is 0 Å². The molecule has 0 aliphatic carbocycles. The second kappa shape index (κ2) is 6.46. The highest BCUT2D eigenvalue weighted by molar-refractivity contribution is 7.89. The summed E-state index contributed by atoms with van der Waals surface area (Å²) in [7, 11) is -12.3. The molecule has 16 heavy (non-hydrogen) atoms. The quantitative estimate of drug-likeness (QED) is 0.533. The van der Waals surface area contributed by atoms with E-state index in [1.54, 1.807) is 0 Å². The largest absolute Gasteiger partial charge is 0.286 e. The molecule has 0 radical (unpaired) electrons. The van der Waals surface area contributed by atoms with Gasteiger partial charge in [0, 0.05) is 0 Å². The third-order valence-electron chi connectivity index (χ3n) is 0.964. The van der Waals surface area contributed by atoms with E-state index in [1.165, 1.54) is 6.92 Å². The lowest BCUT2D eigenvalue weighted by Crippen LogP contribution is -2.15. The first kappa shape index (κ1) is 18.1. The fourth-order valence-electron chi connectivity index (χ4n) is 0.211. The minimum Gasteiger partial charge on any atom is -0.286 e. The lowest BCUT2D eigenvalue weighted by atomic mass is 11.0. The monoisotopic (exact) mass is 300 g/mol. The van der Waals surface area contributed by atoms with Gasteiger partial charge in [0.1, 0.15) is 0 Å². The van der Waals surface area contributed by atoms with Gasteiger partial charge in [-0.1, -0.05) is 0 Å². The first-order valence-corrected chi connectivity index (χ1v) is 8.45. The van der Waals surface area contributed by atoms with Gasteiger partial charge in [0.15, 0.2) is 0 Å². The average Bonchev–Trinajstić information content (AvgIpc) is 1.98. The van der Waals surface area contributed by atoms with Crippen LogP contribution in [0.5, 0.6) is 0 Å². The van der Waals surface area contributed by atoms with Crippen molar-refractivity contribution in [1.29, 1.82) is 0 Å². The van der Waals surface area contributed by atoms with Crippen LogP contribution in [0.3, 0.4) is 0 Å². The van der Waals surface area contributed by atoms with Crippen LogP contribution in [-0.4, -0.2) is 56.2 Å². The summed E-state index contributed by atoms with van der Waals surface area (Å²) in [5.74, 6) is -2.16. The van der Waals surface area contributed by atoms with Crippen molar-refractivity contribution in [1.82, 2.24) is 0 Å². The van der Waals surface area contributed by atoms with Gasteiger partial charge in [-0.2, -0.15) is 25.3 Å². The van der Waals surface area contributed by atoms with Gasteiger partial charge in [-0.25, -0.2) is 0 Å². The van der Waals surface area contributed by atoms with E-state index in [9.17, 15) is 25.3 Å². The third kappa shape index (κ3) is 23.5. The summed E-state index contributed by atoms with van der Waals surface area (Å²) in [5, 5.41) is 0. The Morgan fingerprint density at radius 2 is 0.875 bits per heavy atom. The molecule has 0 aromatic heterocycles. The molecule has 0 saturated heterocycles. The highest BCUT2D eigenvalue weighted by Crippen LogP contribution is 1.86. The van der Waals surface area contributed by atoms with Gasteiger partial charge < -0.3 is 0 Å². The van der Waals surface area contributed by atoms with Crippen molar-refractivity contribution >= 4 is 30.4 Å². The fourth-order valence-corrected chi connectivity index (χ4v) is 1.90. The second-order valence-corrected chi connectivity index (χ2v) is 7.33. The molecule has 100 valence electrons. The van der Waals surface area contributed by atoms with E-state index in [0.29, 0.717) is 0 Å². The van der Waals surface area contributed by atoms with Crippen molar-refractivity contribution < 1.29 is 38.9 Å². The molecular formula is C4H12O9S3. The molecule has 0 rings (SSSR count). The van der Waals surface area contributed by atoms with Crippen LogP contribution in [0, 0.1) is 0 Å². The zero-order chi connectivity index (χ0) is 13.6. The van der Waals surface area contributed by atoms with Gasteiger partial charge >= 0.3 is 0 Å². The van der Waals surface area contributed by atoms with E-state index in [2.05, 4.69) is 0 Å². The van der Waals surface area contributed by atoms with Gasteiger partial charge in [-0.15, -0.1) is 0 Å². The van der Waals surface area contributed by atoms with Crippen molar-refractivity contribution in [3.8, 4) is 0 Å². The minimum absolute atomic E-state index is 0.201. The topological polar surface area (TPSA) is 163 Å². The molecule has 12 heteroatoms. The molecule has 0 fully saturated rings. The molecule has 0 aromatic rings. The van der Waals surface area contributed by atoms with Gasteiger partial charge in [-0.05, 0) is 6.92 Å². The van der Waals surface area contributed by atoms with Crippen LogP contribution in [0.2, 0.25) is 0 Å². The van der Waals surface area contributed by atoms with E-state index in [4.69, 9.17) is 13.7 Å². The normalized spacial score (nSPS) is 12.8. The van der Waals surface area contributed by atoms with E-state index < -0.39 is 41.9 Å². The smallest absolute Gasteiger partial charge is 0.265 e. The Morgan fingerprint density at radius 1 is 0.688 bits per heavy atom. The maximum Gasteiger partial charge on any atom is 0.265 e. The van der Waals surface area contributed by atoms with Crippen LogP contribution in [0.15, 0.2) is 0 Å². The minimum atomic E-state index is -4.30. The first-order chi connectivity index (χ1) is 6.77. The summed E-state index contributed by atoms with van der Waals surface area (Å²) >= 11 is 0. The van der Waals surface area contributed by atoms with Crippen molar-refractivity contribution in [2.75, 3.05) is 17.3 Å². The van der Waals surface area contributed by atoms with Crippen LogP contribution in [0.1, 0.15) is 6.92 Å². The molecule has 0 saturated carbocycles. The van der Waals surface area contributed by atoms with Crippen LogP contribution < -0.4 is 0 Å². The number of hydrogen-bond acceptors (Lipinski definition) is 6. The maximum atomic E-state index is 9.86. The van der Waals surface area contributed by atoms with Crippen LogP contribution >= 0.6 is 0 Å². The summed E-state index contributed by atoms with van der Waals surface area (Å²) < 4.78 is 82.3. The molecular weight excluding hydrogens is 288 g/mol. The van der Waals surface area contributed by atoms with E-state index >= 15 is 0 Å². The average molecular weight is 300 g/mol. The standard InChI is InChI=1S/C2H6O6S2.C2H6O3S/c3-9(4,5)1-2-10(6,7)8;1-2-6(3,4)5/h1-2H2,(H,3,4,5)(H,6,7,8);2H2,1H3,(H,3,4,5). The van der Waals surface area contributed by atoms with Crippen molar-refractivity contribution in [3.63, 3.8) is 0 Å². The zero-order valence-electron chi connectivity index (χ0n) is 8.14. The summed E-state index contributed by atoms with van der Waals surface area (Å²) in [6, 6.07) is 0. The Morgan fingerprint density at radius 3 is 0.938 bits per heavy atom. The molecule has 0 aromatic carbocycles. The van der Waals surface area contributed by atoms with Gasteiger partial charge in [0.25, 0.3) is 30.4 Å². The highest BCUT2D eigenvalue weighted by Gasteiger charge is 2.11. The maximum absolute atomic E-state index is 9.86. The molecule has 0 bridgehead atoms. The Hall–Kier alpha value is -0.270. The molecule has 0 spiro atoms. The summed E-state index contributed by atoms with van der Waals surface area (Å²) in [6.07, 6.45) is 0. The van der Waals surface area contributed by atoms with E-state index in [1.807, 2.05) is 0 Å². The van der Waals surface area contributed by atoms with E-state index in [-0.39, 0.29) is 5.75 Å². The number of hydrogen-bond donors (Lipinski definition) is 3. The van der Waals surface area contributed by atoms with Crippen molar-refractivity contribution in [2.24, 2.45) is 0 Å². The van der Waals surface area contributed by atoms with E-state index in [0.717, 1.165) is 0 Å². The molecule has 0 heterocycles. The highest BCUT2D eigenvalue weighted by atomic mass is 32.2. The molecule has 0 atom stereocenters. The Balaban J connectivity index is 0. The first-order valence-electron chi connectivity index (χ1n) is 3.62. The van der Waals surface area contributed by atoms with Gasteiger partial charge in [0.2, 0.25) is 0 Å². The lowest BCUT2D eigenvalue weighted by Gasteiger charge is -1.92. The van der Waals surface area contributed by atoms with Crippen LogP contribution in [-0.2, 0) is 30.4 Å². The summed E-state index contributed by atoms with van der Waals surface area (Å²) in [5.41, 5.74) is 0. The lowest BCUT2D eigenvalue weighted by molar-refractivity contribution is 0.472. The number of rotatable bonds is 4. The summed E-state index contributed by atoms with van der Waals surface area (Å²) in [6.45, 7) is 1.37. The molecule has 3 N–H and O–H groups in total. The fraction of sp³-hybridized carbons (Fsp3) is 1.00. The molecule has 0 amide bonds. The second-order valence-electron chi connectivity index (χ2n) is 2.44. The van der Waals surface area contributed by atoms with Crippen molar-refractivity contribution in [3.05, 3.63) is 0 Å². The Kier molecular flexibility index (Phi) is 7.31. The molecule has 0 aliphatic rings. The Bertz CT molecular complexity index is 449. The molecule has 0 unspecified atom stereocenters. The summed E-state index contributed by atoms with van der Waals surface area (Å²) in [4.78, 5) is 0. The van der Waals surface area contributed by atoms with Crippen LogP contribution in [0.4, 0.5) is 0 Å². The molecule has 0 aliphatic heterocycles. The SMILES string of the molecule is CCS(=O)(=O)O.O=S(=O)(O)CCS(=O)(=O)O. The zero-order valence-corrected chi connectivity index (χ0v) is 10.6. The predicted molar refractivity (Wildman–Crippen MR) is 54.9 cm³/mol.